The van der Waals surface area contributed by atoms with Crippen LogP contribution in [0.5, 0.6) is 0 Å². The van der Waals surface area contributed by atoms with Gasteiger partial charge in [0.15, 0.2) is 15.7 Å². The van der Waals surface area contributed by atoms with Crippen molar-refractivity contribution in [1.29, 1.82) is 0 Å². The third-order valence-electron chi connectivity index (χ3n) is 6.43. The van der Waals surface area contributed by atoms with Gasteiger partial charge in [0.1, 0.15) is 0 Å². The Morgan fingerprint density at radius 1 is 0.947 bits per heavy atom. The normalized spacial score (nSPS) is 12.7. The molecule has 0 aliphatic heterocycles. The Hall–Kier alpha value is -4.10. The van der Waals surface area contributed by atoms with E-state index in [0.717, 1.165) is 33.2 Å². The van der Waals surface area contributed by atoms with Gasteiger partial charge in [-0.2, -0.15) is 4.98 Å². The molecule has 0 spiro atoms. The van der Waals surface area contributed by atoms with Gasteiger partial charge >= 0.3 is 0 Å². The summed E-state index contributed by atoms with van der Waals surface area (Å²) in [6.45, 7) is 8.39. The zero-order valence-electron chi connectivity index (χ0n) is 22.1. The fourth-order valence-electron chi connectivity index (χ4n) is 4.36. The zero-order valence-corrected chi connectivity index (χ0v) is 22.9. The highest BCUT2D eigenvalue weighted by atomic mass is 32.2. The summed E-state index contributed by atoms with van der Waals surface area (Å²) >= 11 is 0. The molecule has 3 aromatic carbocycles. The van der Waals surface area contributed by atoms with Crippen molar-refractivity contribution in [3.05, 3.63) is 107 Å². The number of nitrogens with zero attached hydrogens (tertiary/aromatic N) is 3. The minimum atomic E-state index is -3.31. The quantitative estimate of drug-likeness (QED) is 0.233. The lowest BCUT2D eigenvalue weighted by molar-refractivity contribution is 0.403. The monoisotopic (exact) mass is 523 g/mol. The van der Waals surface area contributed by atoms with Crippen LogP contribution in [0.2, 0.25) is 0 Å². The summed E-state index contributed by atoms with van der Waals surface area (Å²) in [7, 11) is -3.31. The Kier molecular flexibility index (Phi) is 6.49. The molecule has 0 N–H and O–H groups in total. The number of hydrogen-bond donors (Lipinski definition) is 0. The lowest BCUT2D eigenvalue weighted by atomic mass is 9.84. The molecular weight excluding hydrogens is 494 g/mol. The summed E-state index contributed by atoms with van der Waals surface area (Å²) in [5, 5.41) is 5.06. The van der Waals surface area contributed by atoms with E-state index < -0.39 is 9.84 Å². The number of hydrogen-bond acceptors (Lipinski definition) is 6. The first-order valence-corrected chi connectivity index (χ1v) is 14.2. The molecule has 0 radical (unpaired) electrons. The molecular formula is C31H29N3O3S. The highest BCUT2D eigenvalue weighted by Crippen LogP contribution is 2.35. The van der Waals surface area contributed by atoms with E-state index in [1.165, 1.54) is 11.8 Å². The smallest absolute Gasteiger partial charge is 0.258 e. The average molecular weight is 524 g/mol. The number of fused-ring (bicyclic) bond motifs is 1. The summed E-state index contributed by atoms with van der Waals surface area (Å²) in [6, 6.07) is 23.4. The average Bonchev–Trinajstić information content (AvgIpc) is 3.31. The van der Waals surface area contributed by atoms with Crippen LogP contribution in [0, 0.1) is 6.92 Å². The van der Waals surface area contributed by atoms with Crippen LogP contribution in [0.25, 0.3) is 33.7 Å². The molecule has 0 saturated heterocycles. The molecule has 2 aromatic heterocycles. The van der Waals surface area contributed by atoms with Crippen LogP contribution in [0.3, 0.4) is 0 Å². The summed E-state index contributed by atoms with van der Waals surface area (Å²) in [4.78, 5) is 9.39. The molecule has 0 atom stereocenters. The SMILES string of the molecule is Cc1noc(/C(=C\c2cccc(-c3cc(C(C)(C)C)cc4cccnc34)c2)c2ccc(S(C)(=O)=O)cc2)n1. The fraction of sp³-hybridized carbons (Fsp3) is 0.194. The van der Waals surface area contributed by atoms with Gasteiger partial charge in [0, 0.05) is 29.0 Å². The Bertz CT molecular complexity index is 1780. The number of benzene rings is 3. The van der Waals surface area contributed by atoms with Gasteiger partial charge in [-0.15, -0.1) is 0 Å². The Morgan fingerprint density at radius 3 is 2.37 bits per heavy atom. The van der Waals surface area contributed by atoms with E-state index in [-0.39, 0.29) is 10.3 Å². The predicted molar refractivity (Wildman–Crippen MR) is 151 cm³/mol. The lowest BCUT2D eigenvalue weighted by Crippen LogP contribution is -2.11. The first-order chi connectivity index (χ1) is 18.0. The molecule has 5 rings (SSSR count). The second kappa shape index (κ2) is 9.65. The van der Waals surface area contributed by atoms with Gasteiger partial charge in [0.2, 0.25) is 0 Å². The minimum absolute atomic E-state index is 0.0165. The van der Waals surface area contributed by atoms with E-state index in [1.807, 2.05) is 30.5 Å². The molecule has 5 aromatic rings. The van der Waals surface area contributed by atoms with Crippen molar-refractivity contribution in [2.45, 2.75) is 38.0 Å². The first kappa shape index (κ1) is 25.5. The molecule has 38 heavy (non-hydrogen) atoms. The van der Waals surface area contributed by atoms with E-state index in [0.29, 0.717) is 17.3 Å². The van der Waals surface area contributed by atoms with Crippen LogP contribution in [-0.2, 0) is 15.3 Å². The maximum Gasteiger partial charge on any atom is 0.258 e. The fourth-order valence-corrected chi connectivity index (χ4v) is 5.00. The molecule has 0 unspecified atom stereocenters. The standard InChI is InChI=1S/C31H29N3O3S/c1-20-33-30(37-34-20)28(22-11-13-26(14-12-22)38(5,35)36)17-21-8-6-9-23(16-21)27-19-25(31(2,3)4)18-24-10-7-15-32-29(24)27/h6-19H,1-5H3/b28-17-. The third-order valence-corrected chi connectivity index (χ3v) is 7.56. The first-order valence-electron chi connectivity index (χ1n) is 12.3. The van der Waals surface area contributed by atoms with Crippen molar-refractivity contribution >= 4 is 32.4 Å². The van der Waals surface area contributed by atoms with Crippen LogP contribution in [-0.4, -0.2) is 29.8 Å². The molecule has 0 saturated carbocycles. The number of rotatable bonds is 5. The van der Waals surface area contributed by atoms with Crippen LogP contribution in [0.4, 0.5) is 0 Å². The van der Waals surface area contributed by atoms with Crippen molar-refractivity contribution in [3.63, 3.8) is 0 Å². The zero-order chi connectivity index (χ0) is 27.1. The van der Waals surface area contributed by atoms with E-state index >= 15 is 0 Å². The van der Waals surface area contributed by atoms with Crippen molar-refractivity contribution in [2.24, 2.45) is 0 Å². The van der Waals surface area contributed by atoms with Crippen molar-refractivity contribution in [2.75, 3.05) is 6.26 Å². The summed E-state index contributed by atoms with van der Waals surface area (Å²) in [5.41, 5.74) is 6.69. The number of aromatic nitrogens is 3. The second-order valence-electron chi connectivity index (χ2n) is 10.5. The Morgan fingerprint density at radius 2 is 1.71 bits per heavy atom. The molecule has 7 heteroatoms. The molecule has 0 aliphatic rings. The third kappa shape index (κ3) is 5.29. The maximum atomic E-state index is 12.0. The topological polar surface area (TPSA) is 86.0 Å². The van der Waals surface area contributed by atoms with Crippen molar-refractivity contribution in [3.8, 4) is 11.1 Å². The summed E-state index contributed by atoms with van der Waals surface area (Å²) < 4.78 is 29.5. The summed E-state index contributed by atoms with van der Waals surface area (Å²) in [6.07, 6.45) is 5.00. The van der Waals surface area contributed by atoms with Crippen LogP contribution < -0.4 is 0 Å². The van der Waals surface area contributed by atoms with Gasteiger partial charge in [-0.05, 0) is 77.1 Å². The van der Waals surface area contributed by atoms with Gasteiger partial charge in [0.25, 0.3) is 5.89 Å². The van der Waals surface area contributed by atoms with Gasteiger partial charge in [-0.3, -0.25) is 4.98 Å². The van der Waals surface area contributed by atoms with E-state index in [1.54, 1.807) is 31.2 Å². The Labute approximate surface area is 223 Å². The van der Waals surface area contributed by atoms with Crippen molar-refractivity contribution in [1.82, 2.24) is 15.1 Å². The molecule has 0 aliphatic carbocycles. The van der Waals surface area contributed by atoms with Crippen LogP contribution in [0.1, 0.15) is 49.2 Å². The Balaban J connectivity index is 1.66. The van der Waals surface area contributed by atoms with Crippen LogP contribution in [0.15, 0.2) is 88.4 Å². The molecule has 6 nitrogen and oxygen atoms in total. The van der Waals surface area contributed by atoms with Gasteiger partial charge in [-0.1, -0.05) is 62.3 Å². The van der Waals surface area contributed by atoms with E-state index in [2.05, 4.69) is 61.2 Å². The van der Waals surface area contributed by atoms with Gasteiger partial charge < -0.3 is 4.52 Å². The largest absolute Gasteiger partial charge is 0.334 e. The number of aryl methyl sites for hydroxylation is 1. The highest BCUT2D eigenvalue weighted by Gasteiger charge is 2.18. The molecule has 192 valence electrons. The molecule has 0 fully saturated rings. The second-order valence-corrected chi connectivity index (χ2v) is 12.5. The minimum Gasteiger partial charge on any atom is -0.334 e. The van der Waals surface area contributed by atoms with Gasteiger partial charge in [-0.25, -0.2) is 8.42 Å². The lowest BCUT2D eigenvalue weighted by Gasteiger charge is -2.21. The summed E-state index contributed by atoms with van der Waals surface area (Å²) in [5.74, 6) is 0.880. The van der Waals surface area contributed by atoms with Gasteiger partial charge in [0.05, 0.1) is 10.4 Å². The number of pyridine rings is 1. The van der Waals surface area contributed by atoms with E-state index in [9.17, 15) is 8.42 Å². The number of sulfone groups is 1. The predicted octanol–water partition coefficient (Wildman–Crippen LogP) is 6.88. The molecule has 0 amide bonds. The van der Waals surface area contributed by atoms with Crippen molar-refractivity contribution < 1.29 is 12.9 Å². The maximum absolute atomic E-state index is 12.0. The molecule has 2 heterocycles. The molecule has 0 bridgehead atoms. The van der Waals surface area contributed by atoms with E-state index in [4.69, 9.17) is 9.51 Å². The highest BCUT2D eigenvalue weighted by molar-refractivity contribution is 7.90. The van der Waals surface area contributed by atoms with Crippen LogP contribution >= 0.6 is 0 Å².